The van der Waals surface area contributed by atoms with Crippen molar-refractivity contribution >= 4 is 38.6 Å². The lowest BCUT2D eigenvalue weighted by Crippen LogP contribution is -2.14. The highest BCUT2D eigenvalue weighted by Gasteiger charge is 2.22. The van der Waals surface area contributed by atoms with Gasteiger partial charge in [0.15, 0.2) is 9.36 Å². The van der Waals surface area contributed by atoms with Crippen LogP contribution in [-0.4, -0.2) is 18.4 Å². The quantitative estimate of drug-likeness (QED) is 0.845. The minimum absolute atomic E-state index is 0.0585. The molecular formula is C10H10ClN3O3S2. The molecule has 0 unspecified atom stereocenters. The van der Waals surface area contributed by atoms with Gasteiger partial charge in [-0.3, -0.25) is 9.52 Å². The summed E-state index contributed by atoms with van der Waals surface area (Å²) in [4.78, 5) is 17.0. The summed E-state index contributed by atoms with van der Waals surface area (Å²) in [5, 5.41) is 0.0594. The van der Waals surface area contributed by atoms with Crippen LogP contribution in [0.2, 0.25) is 5.15 Å². The van der Waals surface area contributed by atoms with Crippen molar-refractivity contribution in [2.75, 3.05) is 4.72 Å². The van der Waals surface area contributed by atoms with E-state index >= 15 is 0 Å². The number of pyridine rings is 1. The maximum atomic E-state index is 12.2. The van der Waals surface area contributed by atoms with Crippen molar-refractivity contribution in [3.05, 3.63) is 38.3 Å². The smallest absolute Gasteiger partial charge is 0.306 e. The summed E-state index contributed by atoms with van der Waals surface area (Å²) in [5.41, 5.74) is 1.15. The first kappa shape index (κ1) is 14.0. The topological polar surface area (TPSA) is 91.9 Å². The van der Waals surface area contributed by atoms with Crippen molar-refractivity contribution in [3.63, 3.8) is 0 Å². The van der Waals surface area contributed by atoms with E-state index in [0.29, 0.717) is 22.6 Å². The number of nitrogens with one attached hydrogen (secondary N) is 2. The monoisotopic (exact) mass is 319 g/mol. The molecule has 0 spiro atoms. The Kier molecular flexibility index (Phi) is 3.66. The lowest BCUT2D eigenvalue weighted by molar-refractivity contribution is 0.602. The van der Waals surface area contributed by atoms with Crippen LogP contribution in [0.5, 0.6) is 0 Å². The average Bonchev–Trinajstić information content (AvgIpc) is 2.64. The highest BCUT2D eigenvalue weighted by atomic mass is 35.5. The van der Waals surface area contributed by atoms with E-state index in [-0.39, 0.29) is 15.0 Å². The van der Waals surface area contributed by atoms with Crippen molar-refractivity contribution in [1.82, 2.24) is 9.97 Å². The predicted molar refractivity (Wildman–Crippen MR) is 74.5 cm³/mol. The first-order valence-corrected chi connectivity index (χ1v) is 7.82. The third kappa shape index (κ3) is 2.80. The first-order chi connectivity index (χ1) is 8.81. The van der Waals surface area contributed by atoms with Crippen LogP contribution in [-0.2, 0) is 10.0 Å². The zero-order chi connectivity index (χ0) is 14.2. The normalized spacial score (nSPS) is 11.5. The zero-order valence-electron chi connectivity index (χ0n) is 10.0. The number of aromatic amines is 1. The zero-order valence-corrected chi connectivity index (χ0v) is 12.4. The molecule has 6 nitrogen and oxygen atoms in total. The molecule has 2 aromatic rings. The molecule has 0 bridgehead atoms. The van der Waals surface area contributed by atoms with Gasteiger partial charge in [-0.25, -0.2) is 13.4 Å². The Hall–Kier alpha value is -1.38. The minimum atomic E-state index is -3.86. The van der Waals surface area contributed by atoms with E-state index in [1.54, 1.807) is 13.0 Å². The van der Waals surface area contributed by atoms with Gasteiger partial charge in [-0.1, -0.05) is 22.9 Å². The molecule has 0 fully saturated rings. The molecule has 0 amide bonds. The highest BCUT2D eigenvalue weighted by Crippen LogP contribution is 2.27. The van der Waals surface area contributed by atoms with Crippen LogP contribution in [0.3, 0.4) is 0 Å². The summed E-state index contributed by atoms with van der Waals surface area (Å²) in [6.45, 7) is 3.22. The van der Waals surface area contributed by atoms with Gasteiger partial charge in [-0.15, -0.1) is 0 Å². The molecule has 9 heteroatoms. The number of thiazole rings is 1. The number of anilines is 1. The molecule has 2 rings (SSSR count). The second-order valence-corrected chi connectivity index (χ2v) is 7.04. The number of hydrogen-bond donors (Lipinski definition) is 2. The van der Waals surface area contributed by atoms with Crippen LogP contribution in [0.1, 0.15) is 11.3 Å². The Bertz CT molecular complexity index is 759. The van der Waals surface area contributed by atoms with Crippen LogP contribution in [0, 0.1) is 13.8 Å². The van der Waals surface area contributed by atoms with E-state index in [2.05, 4.69) is 14.7 Å². The van der Waals surface area contributed by atoms with E-state index < -0.39 is 14.9 Å². The Morgan fingerprint density at radius 2 is 2.11 bits per heavy atom. The van der Waals surface area contributed by atoms with Gasteiger partial charge in [0.1, 0.15) is 0 Å². The summed E-state index contributed by atoms with van der Waals surface area (Å²) < 4.78 is 26.7. The summed E-state index contributed by atoms with van der Waals surface area (Å²) in [7, 11) is -3.86. The van der Waals surface area contributed by atoms with Gasteiger partial charge in [0.2, 0.25) is 0 Å². The molecule has 19 heavy (non-hydrogen) atoms. The summed E-state index contributed by atoms with van der Waals surface area (Å²) in [6.07, 6.45) is 1.48. The fraction of sp³-hybridized carbons (Fsp3) is 0.200. The Labute approximate surface area is 118 Å². The van der Waals surface area contributed by atoms with Gasteiger partial charge >= 0.3 is 4.87 Å². The largest absolute Gasteiger partial charge is 0.315 e. The number of rotatable bonds is 3. The SMILES string of the molecule is Cc1ccnc(Cl)c1NS(=O)(=O)c1sc(=O)[nH]c1C. The average molecular weight is 320 g/mol. The summed E-state index contributed by atoms with van der Waals surface area (Å²) in [5.74, 6) is 0. The fourth-order valence-corrected chi connectivity index (χ4v) is 4.22. The van der Waals surface area contributed by atoms with Crippen LogP contribution < -0.4 is 9.60 Å². The van der Waals surface area contributed by atoms with E-state index in [0.717, 1.165) is 0 Å². The van der Waals surface area contributed by atoms with E-state index in [1.165, 1.54) is 13.1 Å². The molecule has 102 valence electrons. The molecule has 2 N–H and O–H groups in total. The second kappa shape index (κ2) is 4.95. The molecule has 0 aliphatic rings. The summed E-state index contributed by atoms with van der Waals surface area (Å²) >= 11 is 6.49. The Morgan fingerprint density at radius 1 is 1.42 bits per heavy atom. The Morgan fingerprint density at radius 3 is 2.63 bits per heavy atom. The molecule has 2 heterocycles. The number of halogens is 1. The third-order valence-corrected chi connectivity index (χ3v) is 5.62. The minimum Gasteiger partial charge on any atom is -0.315 e. The van der Waals surface area contributed by atoms with E-state index in [9.17, 15) is 13.2 Å². The molecule has 0 aromatic carbocycles. The second-order valence-electron chi connectivity index (χ2n) is 3.83. The lowest BCUT2D eigenvalue weighted by Gasteiger charge is -2.10. The fourth-order valence-electron chi connectivity index (χ4n) is 1.48. The van der Waals surface area contributed by atoms with Crippen LogP contribution in [0.15, 0.2) is 21.3 Å². The number of hydrogen-bond acceptors (Lipinski definition) is 5. The highest BCUT2D eigenvalue weighted by molar-refractivity contribution is 7.94. The molecular weight excluding hydrogens is 310 g/mol. The molecule has 2 aromatic heterocycles. The van der Waals surface area contributed by atoms with Crippen molar-refractivity contribution in [1.29, 1.82) is 0 Å². The molecule has 0 saturated heterocycles. The third-order valence-electron chi connectivity index (χ3n) is 2.37. The number of aromatic nitrogens is 2. The number of nitrogens with zero attached hydrogens (tertiary/aromatic N) is 1. The van der Waals surface area contributed by atoms with Crippen LogP contribution in [0.4, 0.5) is 5.69 Å². The van der Waals surface area contributed by atoms with E-state index in [1.807, 2.05) is 0 Å². The lowest BCUT2D eigenvalue weighted by atomic mass is 10.3. The molecule has 0 aliphatic carbocycles. The van der Waals surface area contributed by atoms with Crippen LogP contribution >= 0.6 is 22.9 Å². The van der Waals surface area contributed by atoms with E-state index in [4.69, 9.17) is 11.6 Å². The van der Waals surface area contributed by atoms with Gasteiger partial charge in [-0.2, -0.15) is 0 Å². The van der Waals surface area contributed by atoms with Gasteiger partial charge in [0.05, 0.1) is 5.69 Å². The Balaban J connectivity index is 2.48. The molecule has 0 saturated carbocycles. The van der Waals surface area contributed by atoms with Gasteiger partial charge in [-0.05, 0) is 25.5 Å². The van der Waals surface area contributed by atoms with Crippen LogP contribution in [0.25, 0.3) is 0 Å². The number of sulfonamides is 1. The molecule has 0 radical (unpaired) electrons. The van der Waals surface area contributed by atoms with Gasteiger partial charge < -0.3 is 4.98 Å². The number of H-pyrrole nitrogens is 1. The van der Waals surface area contributed by atoms with Gasteiger partial charge in [0, 0.05) is 11.9 Å². The molecule has 0 atom stereocenters. The van der Waals surface area contributed by atoms with Crippen molar-refractivity contribution in [2.24, 2.45) is 0 Å². The predicted octanol–water partition coefficient (Wildman–Crippen LogP) is 1.90. The number of aryl methyl sites for hydroxylation is 2. The maximum Gasteiger partial charge on any atom is 0.306 e. The van der Waals surface area contributed by atoms with Gasteiger partial charge in [0.25, 0.3) is 10.0 Å². The first-order valence-electron chi connectivity index (χ1n) is 5.15. The standard InChI is InChI=1S/C10H10ClN3O3S2/c1-5-3-4-12-8(11)7(5)14-19(16,17)9-6(2)13-10(15)18-9/h3-4,14H,1-2H3,(H,13,15). The molecule has 0 aliphatic heterocycles. The maximum absolute atomic E-state index is 12.2. The van der Waals surface area contributed by atoms with Crippen molar-refractivity contribution < 1.29 is 8.42 Å². The van der Waals surface area contributed by atoms with Crippen molar-refractivity contribution in [2.45, 2.75) is 18.1 Å². The summed E-state index contributed by atoms with van der Waals surface area (Å²) in [6, 6.07) is 1.64. The van der Waals surface area contributed by atoms with Crippen molar-refractivity contribution in [3.8, 4) is 0 Å².